The molecule has 0 aliphatic heterocycles. The van der Waals surface area contributed by atoms with Gasteiger partial charge in [-0.05, 0) is 24.6 Å². The Labute approximate surface area is 105 Å². The van der Waals surface area contributed by atoms with Crippen molar-refractivity contribution in [2.45, 2.75) is 20.0 Å². The molecule has 1 aromatic carbocycles. The molecule has 1 atom stereocenters. The van der Waals surface area contributed by atoms with Crippen molar-refractivity contribution in [2.24, 2.45) is 0 Å². The molecule has 0 aliphatic carbocycles. The van der Waals surface area contributed by atoms with Crippen molar-refractivity contribution in [3.8, 4) is 0 Å². The van der Waals surface area contributed by atoms with Gasteiger partial charge in [-0.3, -0.25) is 14.9 Å². The Morgan fingerprint density at radius 2 is 2.00 bits per heavy atom. The lowest BCUT2D eigenvalue weighted by molar-refractivity contribution is -0.384. The van der Waals surface area contributed by atoms with Crippen LogP contribution in [-0.4, -0.2) is 24.1 Å². The molecule has 18 heavy (non-hydrogen) atoms. The molecule has 0 aliphatic rings. The Bertz CT molecular complexity index is 415. The standard InChI is InChI=1S/C12H15NO5/c1-3-17-12(8-18-9(2)14)10-4-6-11(7-5-10)13(15)16/h4-7,12H,3,8H2,1-2H3. The monoisotopic (exact) mass is 253 g/mol. The number of hydrogen-bond acceptors (Lipinski definition) is 5. The van der Waals surface area contributed by atoms with Crippen molar-refractivity contribution < 1.29 is 19.2 Å². The number of carbonyl (C=O) groups excluding carboxylic acids is 1. The van der Waals surface area contributed by atoms with Gasteiger partial charge in [-0.15, -0.1) is 0 Å². The second-order valence-corrected chi connectivity index (χ2v) is 3.60. The molecule has 1 rings (SSSR count). The number of carbonyl (C=O) groups is 1. The van der Waals surface area contributed by atoms with Crippen LogP contribution < -0.4 is 0 Å². The molecule has 0 saturated carbocycles. The van der Waals surface area contributed by atoms with Crippen molar-refractivity contribution in [3.63, 3.8) is 0 Å². The first-order valence-electron chi connectivity index (χ1n) is 5.54. The summed E-state index contributed by atoms with van der Waals surface area (Å²) < 4.78 is 10.3. The van der Waals surface area contributed by atoms with Gasteiger partial charge >= 0.3 is 5.97 Å². The zero-order valence-electron chi connectivity index (χ0n) is 10.3. The Kier molecular flexibility index (Phi) is 5.26. The zero-order chi connectivity index (χ0) is 13.5. The Hall–Kier alpha value is -1.95. The first-order valence-corrected chi connectivity index (χ1v) is 5.54. The summed E-state index contributed by atoms with van der Waals surface area (Å²) in [5, 5.41) is 10.5. The van der Waals surface area contributed by atoms with Crippen LogP contribution >= 0.6 is 0 Å². The molecule has 0 radical (unpaired) electrons. The minimum Gasteiger partial charge on any atom is -0.463 e. The van der Waals surface area contributed by atoms with E-state index in [4.69, 9.17) is 9.47 Å². The maximum atomic E-state index is 10.8. The fourth-order valence-electron chi connectivity index (χ4n) is 1.45. The largest absolute Gasteiger partial charge is 0.463 e. The highest BCUT2D eigenvalue weighted by molar-refractivity contribution is 5.65. The predicted octanol–water partition coefficient (Wildman–Crippen LogP) is 2.24. The van der Waals surface area contributed by atoms with Crippen LogP contribution in [0, 0.1) is 10.1 Å². The summed E-state index contributed by atoms with van der Waals surface area (Å²) in [5.74, 6) is -0.387. The second-order valence-electron chi connectivity index (χ2n) is 3.60. The fourth-order valence-corrected chi connectivity index (χ4v) is 1.45. The highest BCUT2D eigenvalue weighted by atomic mass is 16.6. The third-order valence-corrected chi connectivity index (χ3v) is 2.28. The number of nitro benzene ring substituents is 1. The average molecular weight is 253 g/mol. The molecule has 6 nitrogen and oxygen atoms in total. The number of esters is 1. The normalized spacial score (nSPS) is 11.9. The molecule has 0 amide bonds. The van der Waals surface area contributed by atoms with Crippen LogP contribution in [0.2, 0.25) is 0 Å². The van der Waals surface area contributed by atoms with Gasteiger partial charge in [-0.1, -0.05) is 0 Å². The van der Waals surface area contributed by atoms with E-state index in [0.29, 0.717) is 6.61 Å². The summed E-state index contributed by atoms with van der Waals surface area (Å²) >= 11 is 0. The van der Waals surface area contributed by atoms with Crippen LogP contribution in [0.25, 0.3) is 0 Å². The van der Waals surface area contributed by atoms with Crippen molar-refractivity contribution >= 4 is 11.7 Å². The summed E-state index contributed by atoms with van der Waals surface area (Å²) in [6, 6.07) is 5.99. The van der Waals surface area contributed by atoms with Gasteiger partial charge in [-0.2, -0.15) is 0 Å². The molecule has 0 bridgehead atoms. The van der Waals surface area contributed by atoms with E-state index in [1.807, 2.05) is 6.92 Å². The maximum Gasteiger partial charge on any atom is 0.302 e. The third kappa shape index (κ3) is 4.14. The van der Waals surface area contributed by atoms with Crippen LogP contribution in [0.4, 0.5) is 5.69 Å². The molecule has 1 aromatic rings. The van der Waals surface area contributed by atoms with E-state index >= 15 is 0 Å². The molecule has 0 heterocycles. The number of hydrogen-bond donors (Lipinski definition) is 0. The SMILES string of the molecule is CCOC(COC(C)=O)c1ccc([N+](=O)[O-])cc1. The summed E-state index contributed by atoms with van der Waals surface area (Å²) in [6.07, 6.45) is -0.403. The predicted molar refractivity (Wildman–Crippen MR) is 64.1 cm³/mol. The lowest BCUT2D eigenvalue weighted by Gasteiger charge is -2.16. The number of nitrogens with zero attached hydrogens (tertiary/aromatic N) is 1. The molecule has 0 saturated heterocycles. The molecule has 0 aromatic heterocycles. The lowest BCUT2D eigenvalue weighted by Crippen LogP contribution is -2.14. The minimum absolute atomic E-state index is 0.0153. The smallest absolute Gasteiger partial charge is 0.302 e. The first kappa shape index (κ1) is 14.1. The number of benzene rings is 1. The summed E-state index contributed by atoms with van der Waals surface area (Å²) in [4.78, 5) is 20.8. The molecule has 0 spiro atoms. The second kappa shape index (κ2) is 6.70. The van der Waals surface area contributed by atoms with Gasteiger partial charge in [0.1, 0.15) is 12.7 Å². The van der Waals surface area contributed by atoms with Crippen LogP contribution in [-0.2, 0) is 14.3 Å². The fraction of sp³-hybridized carbons (Fsp3) is 0.417. The van der Waals surface area contributed by atoms with Crippen LogP contribution in [0.1, 0.15) is 25.5 Å². The Morgan fingerprint density at radius 1 is 1.39 bits per heavy atom. The minimum atomic E-state index is -0.467. The van der Waals surface area contributed by atoms with E-state index in [-0.39, 0.29) is 18.3 Å². The topological polar surface area (TPSA) is 78.7 Å². The van der Waals surface area contributed by atoms with Crippen molar-refractivity contribution in [3.05, 3.63) is 39.9 Å². The maximum absolute atomic E-state index is 10.8. The molecular weight excluding hydrogens is 238 g/mol. The lowest BCUT2D eigenvalue weighted by atomic mass is 10.1. The van der Waals surface area contributed by atoms with Gasteiger partial charge in [0.25, 0.3) is 5.69 Å². The third-order valence-electron chi connectivity index (χ3n) is 2.28. The average Bonchev–Trinajstić information content (AvgIpc) is 2.34. The summed E-state index contributed by atoms with van der Waals surface area (Å²) in [5.41, 5.74) is 0.755. The van der Waals surface area contributed by atoms with Gasteiger partial charge in [0.15, 0.2) is 0 Å². The van der Waals surface area contributed by atoms with Crippen molar-refractivity contribution in [2.75, 3.05) is 13.2 Å². The van der Waals surface area contributed by atoms with E-state index in [0.717, 1.165) is 5.56 Å². The van der Waals surface area contributed by atoms with Crippen molar-refractivity contribution in [1.82, 2.24) is 0 Å². The Morgan fingerprint density at radius 3 is 2.44 bits per heavy atom. The van der Waals surface area contributed by atoms with E-state index < -0.39 is 11.0 Å². The van der Waals surface area contributed by atoms with Gasteiger partial charge in [0.05, 0.1) is 4.92 Å². The van der Waals surface area contributed by atoms with E-state index in [2.05, 4.69) is 0 Å². The highest BCUT2D eigenvalue weighted by Gasteiger charge is 2.14. The van der Waals surface area contributed by atoms with E-state index in [9.17, 15) is 14.9 Å². The molecule has 0 fully saturated rings. The number of ether oxygens (including phenoxy) is 2. The zero-order valence-corrected chi connectivity index (χ0v) is 10.3. The van der Waals surface area contributed by atoms with E-state index in [1.165, 1.54) is 19.1 Å². The molecule has 0 N–H and O–H groups in total. The van der Waals surface area contributed by atoms with Crippen LogP contribution in [0.3, 0.4) is 0 Å². The number of rotatable bonds is 6. The van der Waals surface area contributed by atoms with Crippen molar-refractivity contribution in [1.29, 1.82) is 0 Å². The number of non-ortho nitro benzene ring substituents is 1. The highest BCUT2D eigenvalue weighted by Crippen LogP contribution is 2.21. The number of nitro groups is 1. The quantitative estimate of drug-likeness (QED) is 0.441. The van der Waals surface area contributed by atoms with E-state index in [1.54, 1.807) is 12.1 Å². The van der Waals surface area contributed by atoms with Crippen LogP contribution in [0.15, 0.2) is 24.3 Å². The summed E-state index contributed by atoms with van der Waals surface area (Å²) in [7, 11) is 0. The molecule has 6 heteroatoms. The summed E-state index contributed by atoms with van der Waals surface area (Å²) in [6.45, 7) is 3.70. The van der Waals surface area contributed by atoms with Crippen LogP contribution in [0.5, 0.6) is 0 Å². The van der Waals surface area contributed by atoms with Gasteiger partial charge in [0, 0.05) is 25.7 Å². The Balaban J connectivity index is 2.78. The first-order chi connectivity index (χ1) is 8.54. The van der Waals surface area contributed by atoms with Gasteiger partial charge in [0.2, 0.25) is 0 Å². The molecular formula is C12H15NO5. The van der Waals surface area contributed by atoms with Gasteiger partial charge in [-0.25, -0.2) is 0 Å². The molecule has 1 unspecified atom stereocenters. The van der Waals surface area contributed by atoms with Gasteiger partial charge < -0.3 is 9.47 Å². The molecule has 98 valence electrons.